The van der Waals surface area contributed by atoms with Crippen LogP contribution < -0.4 is 10.6 Å². The van der Waals surface area contributed by atoms with Crippen LogP contribution in [0.25, 0.3) is 0 Å². The number of carbonyl (C=O) groups is 4. The maximum Gasteiger partial charge on any atom is 0.408 e. The zero-order chi connectivity index (χ0) is 30.4. The van der Waals surface area contributed by atoms with Crippen molar-refractivity contribution in [3.63, 3.8) is 0 Å². The SMILES string of the molecule is C=C[C@@H]1C[C@]1(NC(=O)[C@@H]1C[C@H](OS(=O)(=O)c2ccc(Br)cc2)CN1C(=O)[C@H](C)NC(=O)OC1C[C@@H]2C[C@@H]2C1)C(=O)OC. The summed E-state index contributed by atoms with van der Waals surface area (Å²) in [5, 5.41) is 5.24. The van der Waals surface area contributed by atoms with Crippen molar-refractivity contribution in [2.45, 2.75) is 73.8 Å². The number of rotatable bonds is 10. The molecule has 3 aliphatic carbocycles. The summed E-state index contributed by atoms with van der Waals surface area (Å²) in [4.78, 5) is 53.2. The van der Waals surface area contributed by atoms with E-state index in [4.69, 9.17) is 13.7 Å². The molecular weight excluding hydrogens is 634 g/mol. The van der Waals surface area contributed by atoms with Crippen LogP contribution in [0.2, 0.25) is 0 Å². The number of alkyl carbamates (subject to hydrolysis) is 1. The molecule has 1 saturated heterocycles. The fourth-order valence-corrected chi connectivity index (χ4v) is 7.45. The molecule has 0 aromatic heterocycles. The number of nitrogens with one attached hydrogen (secondary N) is 2. The number of methoxy groups -OCH3 is 1. The van der Waals surface area contributed by atoms with E-state index in [1.807, 2.05) is 0 Å². The lowest BCUT2D eigenvalue weighted by molar-refractivity contribution is -0.148. The van der Waals surface area contributed by atoms with Gasteiger partial charge >= 0.3 is 12.1 Å². The topological polar surface area (TPSA) is 157 Å². The standard InChI is InChI=1S/C28H34BrN3O9S/c1-4-18-13-28(18,26(35)39-3)31-24(33)23-12-21(41-42(37,38)22-7-5-19(29)6-8-22)14-32(23)25(34)15(2)30-27(36)40-20-10-16-9-17(16)11-20/h4-8,15-18,20-21,23H,1,9-14H2,2-3H3,(H,30,36)(H,31,33)/t15-,16-,17+,18+,20?,21-,23-,28+/m0/s1. The van der Waals surface area contributed by atoms with Gasteiger partial charge in [0.1, 0.15) is 23.7 Å². The monoisotopic (exact) mass is 667 g/mol. The van der Waals surface area contributed by atoms with Crippen LogP contribution in [-0.4, -0.2) is 80.7 Å². The van der Waals surface area contributed by atoms with Crippen LogP contribution >= 0.6 is 15.9 Å². The highest BCUT2D eigenvalue weighted by Gasteiger charge is 2.62. The fourth-order valence-electron chi connectivity index (χ4n) is 6.11. The van der Waals surface area contributed by atoms with Crippen LogP contribution in [-0.2, 0) is 38.2 Å². The number of nitrogens with zero attached hydrogens (tertiary/aromatic N) is 1. The highest BCUT2D eigenvalue weighted by atomic mass is 79.9. The van der Waals surface area contributed by atoms with Crippen LogP contribution in [0, 0.1) is 17.8 Å². The van der Waals surface area contributed by atoms with Crippen molar-refractivity contribution in [3.05, 3.63) is 41.4 Å². The Balaban J connectivity index is 1.30. The molecule has 8 atom stereocenters. The zero-order valence-corrected chi connectivity index (χ0v) is 25.7. The number of hydrogen-bond donors (Lipinski definition) is 2. The van der Waals surface area contributed by atoms with Gasteiger partial charge in [0.15, 0.2) is 0 Å². The molecule has 1 heterocycles. The lowest BCUT2D eigenvalue weighted by Crippen LogP contribution is -2.56. The van der Waals surface area contributed by atoms with E-state index >= 15 is 0 Å². The molecule has 14 heteroatoms. The van der Waals surface area contributed by atoms with Crippen molar-refractivity contribution < 1.29 is 41.3 Å². The van der Waals surface area contributed by atoms with Crippen LogP contribution in [0.1, 0.15) is 39.0 Å². The Kier molecular flexibility index (Phi) is 8.42. The summed E-state index contributed by atoms with van der Waals surface area (Å²) in [7, 11) is -3.03. The van der Waals surface area contributed by atoms with Gasteiger partial charge in [0, 0.05) is 23.4 Å². The Hall–Kier alpha value is -2.97. The van der Waals surface area contributed by atoms with E-state index in [2.05, 4.69) is 33.1 Å². The predicted octanol–water partition coefficient (Wildman–Crippen LogP) is 2.27. The van der Waals surface area contributed by atoms with Crippen molar-refractivity contribution in [2.75, 3.05) is 13.7 Å². The fraction of sp³-hybridized carbons (Fsp3) is 0.571. The van der Waals surface area contributed by atoms with Gasteiger partial charge in [-0.25, -0.2) is 9.59 Å². The summed E-state index contributed by atoms with van der Waals surface area (Å²) in [5.41, 5.74) is -1.32. The molecule has 4 fully saturated rings. The molecule has 3 saturated carbocycles. The van der Waals surface area contributed by atoms with Crippen molar-refractivity contribution in [1.82, 2.24) is 15.5 Å². The van der Waals surface area contributed by atoms with Crippen LogP contribution in [0.4, 0.5) is 4.79 Å². The van der Waals surface area contributed by atoms with Gasteiger partial charge in [0.05, 0.1) is 18.1 Å². The number of benzene rings is 1. The smallest absolute Gasteiger partial charge is 0.408 e. The maximum atomic E-state index is 13.6. The molecule has 0 radical (unpaired) electrons. The first-order valence-corrected chi connectivity index (χ1v) is 16.1. The first-order chi connectivity index (χ1) is 19.9. The molecule has 0 spiro atoms. The Labute approximate surface area is 252 Å². The van der Waals surface area contributed by atoms with Gasteiger partial charge in [0.2, 0.25) is 11.8 Å². The maximum absolute atomic E-state index is 13.6. The van der Waals surface area contributed by atoms with Crippen LogP contribution in [0.5, 0.6) is 0 Å². The van der Waals surface area contributed by atoms with Crippen molar-refractivity contribution in [3.8, 4) is 0 Å². The van der Waals surface area contributed by atoms with Crippen LogP contribution in [0.3, 0.4) is 0 Å². The summed E-state index contributed by atoms with van der Waals surface area (Å²) >= 11 is 3.26. The summed E-state index contributed by atoms with van der Waals surface area (Å²) < 4.78 is 42.5. The van der Waals surface area contributed by atoms with E-state index in [9.17, 15) is 27.6 Å². The highest BCUT2D eigenvalue weighted by molar-refractivity contribution is 9.10. The number of esters is 1. The number of halogens is 1. The number of likely N-dealkylation sites (tertiary alicyclic amines) is 1. The number of hydrogen-bond acceptors (Lipinski definition) is 9. The number of ether oxygens (including phenoxy) is 2. The molecule has 0 bridgehead atoms. The van der Waals surface area contributed by atoms with Crippen molar-refractivity contribution in [2.24, 2.45) is 17.8 Å². The Morgan fingerprint density at radius 3 is 2.36 bits per heavy atom. The minimum atomic E-state index is -4.23. The molecule has 4 aliphatic rings. The lowest BCUT2D eigenvalue weighted by Gasteiger charge is -2.28. The third-order valence-corrected chi connectivity index (χ3v) is 10.5. The third kappa shape index (κ3) is 6.20. The van der Waals surface area contributed by atoms with E-state index in [1.54, 1.807) is 12.1 Å². The van der Waals surface area contributed by atoms with E-state index in [1.165, 1.54) is 43.6 Å². The molecular formula is C28H34BrN3O9S. The van der Waals surface area contributed by atoms with Crippen molar-refractivity contribution >= 4 is 49.9 Å². The third-order valence-electron chi connectivity index (χ3n) is 8.59. The van der Waals surface area contributed by atoms with Gasteiger partial charge in [-0.15, -0.1) is 6.58 Å². The Morgan fingerprint density at radius 2 is 1.76 bits per heavy atom. The number of carbonyl (C=O) groups excluding carboxylic acids is 4. The van der Waals surface area contributed by atoms with E-state index in [0.717, 1.165) is 12.8 Å². The first kappa shape index (κ1) is 30.5. The normalized spacial score (nSPS) is 31.8. The molecule has 3 amide bonds. The molecule has 228 valence electrons. The molecule has 5 rings (SSSR count). The van der Waals surface area contributed by atoms with Gasteiger partial charge in [-0.05, 0) is 68.7 Å². The minimum Gasteiger partial charge on any atom is -0.467 e. The number of fused-ring (bicyclic) bond motifs is 1. The van der Waals surface area contributed by atoms with Crippen molar-refractivity contribution in [1.29, 1.82) is 0 Å². The molecule has 12 nitrogen and oxygen atoms in total. The predicted molar refractivity (Wildman–Crippen MR) is 151 cm³/mol. The Bertz CT molecular complexity index is 1380. The molecule has 1 unspecified atom stereocenters. The second kappa shape index (κ2) is 11.6. The first-order valence-electron chi connectivity index (χ1n) is 13.9. The molecule has 42 heavy (non-hydrogen) atoms. The molecule has 1 aliphatic heterocycles. The summed E-state index contributed by atoms with van der Waals surface area (Å²) in [6.07, 6.45) is 2.47. The largest absolute Gasteiger partial charge is 0.467 e. The zero-order valence-electron chi connectivity index (χ0n) is 23.3. The Morgan fingerprint density at radius 1 is 1.10 bits per heavy atom. The van der Waals surface area contributed by atoms with Crippen LogP contribution in [0.15, 0.2) is 46.3 Å². The average Bonchev–Trinajstić information content (AvgIpc) is 3.75. The second-order valence-electron chi connectivity index (χ2n) is 11.5. The summed E-state index contributed by atoms with van der Waals surface area (Å²) in [6.45, 7) is 4.92. The van der Waals surface area contributed by atoms with Gasteiger partial charge in [-0.2, -0.15) is 8.42 Å². The average molecular weight is 669 g/mol. The number of amides is 3. The van der Waals surface area contributed by atoms with E-state index < -0.39 is 57.7 Å². The quantitative estimate of drug-likeness (QED) is 0.217. The van der Waals surface area contributed by atoms with Gasteiger partial charge in [0.25, 0.3) is 10.1 Å². The summed E-state index contributed by atoms with van der Waals surface area (Å²) in [6, 6.07) is 3.58. The van der Waals surface area contributed by atoms with E-state index in [0.29, 0.717) is 16.3 Å². The molecule has 1 aromatic rings. The van der Waals surface area contributed by atoms with E-state index in [-0.39, 0.29) is 36.3 Å². The second-order valence-corrected chi connectivity index (χ2v) is 14.0. The van der Waals surface area contributed by atoms with Gasteiger partial charge < -0.3 is 25.0 Å². The lowest BCUT2D eigenvalue weighted by atomic mass is 10.1. The highest BCUT2D eigenvalue weighted by Crippen LogP contribution is 2.52. The van der Waals surface area contributed by atoms with Gasteiger partial charge in [-0.1, -0.05) is 22.0 Å². The molecule has 1 aromatic carbocycles. The summed E-state index contributed by atoms with van der Waals surface area (Å²) in [5.74, 6) is -1.10. The molecule has 2 N–H and O–H groups in total. The van der Waals surface area contributed by atoms with Gasteiger partial charge in [-0.3, -0.25) is 13.8 Å². The minimum absolute atomic E-state index is 0.0877.